The van der Waals surface area contributed by atoms with Crippen LogP contribution in [0, 0.1) is 11.7 Å². The van der Waals surface area contributed by atoms with Crippen LogP contribution in [0.15, 0.2) is 17.0 Å². The first-order valence-corrected chi connectivity index (χ1v) is 8.53. The molecule has 1 rings (SSSR count). The lowest BCUT2D eigenvalue weighted by Gasteiger charge is -2.09. The highest BCUT2D eigenvalue weighted by atomic mass is 35.7. The van der Waals surface area contributed by atoms with Crippen LogP contribution in [0.4, 0.5) is 4.39 Å². The second-order valence-corrected chi connectivity index (χ2v) is 7.61. The van der Waals surface area contributed by atoms with Crippen molar-refractivity contribution in [3.05, 3.63) is 28.5 Å². The Balaban J connectivity index is 3.07. The zero-order valence-corrected chi connectivity index (χ0v) is 13.2. The first-order valence-electron chi connectivity index (χ1n) is 5.85. The molecule has 0 spiro atoms. The van der Waals surface area contributed by atoms with Gasteiger partial charge in [0.2, 0.25) is 0 Å². The second-order valence-electron chi connectivity index (χ2n) is 4.64. The van der Waals surface area contributed by atoms with E-state index in [0.717, 1.165) is 12.1 Å². The van der Waals surface area contributed by atoms with Gasteiger partial charge in [-0.2, -0.15) is 0 Å². The topological polar surface area (TPSA) is 63.2 Å². The predicted molar refractivity (Wildman–Crippen MR) is 76.2 cm³/mol. The maximum absolute atomic E-state index is 14.0. The molecule has 0 heterocycles. The van der Waals surface area contributed by atoms with Gasteiger partial charge in [-0.1, -0.05) is 25.4 Å². The number of benzene rings is 1. The van der Waals surface area contributed by atoms with Crippen molar-refractivity contribution < 1.29 is 17.6 Å². The fraction of sp³-hybridized carbons (Fsp3) is 0.417. The van der Waals surface area contributed by atoms with Gasteiger partial charge in [0, 0.05) is 22.2 Å². The van der Waals surface area contributed by atoms with Crippen molar-refractivity contribution in [2.75, 3.05) is 6.54 Å². The molecule has 8 heteroatoms. The first-order chi connectivity index (χ1) is 9.12. The maximum Gasteiger partial charge on any atom is 0.264 e. The van der Waals surface area contributed by atoms with E-state index in [9.17, 15) is 17.6 Å². The summed E-state index contributed by atoms with van der Waals surface area (Å²) in [7, 11) is 0.787. The highest BCUT2D eigenvalue weighted by Crippen LogP contribution is 2.26. The molecule has 0 saturated carbocycles. The summed E-state index contributed by atoms with van der Waals surface area (Å²) < 4.78 is 36.4. The molecular formula is C12H14Cl2FNO3S. The zero-order valence-electron chi connectivity index (χ0n) is 10.9. The molecule has 0 atom stereocenters. The van der Waals surface area contributed by atoms with Crippen molar-refractivity contribution >= 4 is 37.2 Å². The van der Waals surface area contributed by atoms with Crippen molar-refractivity contribution in [1.82, 2.24) is 5.32 Å². The van der Waals surface area contributed by atoms with E-state index < -0.39 is 31.2 Å². The number of carbonyl (C=O) groups excluding carboxylic acids is 1. The molecule has 0 aliphatic heterocycles. The smallest absolute Gasteiger partial charge is 0.264 e. The third kappa shape index (κ3) is 4.61. The maximum atomic E-state index is 14.0. The Hall–Kier alpha value is -0.850. The van der Waals surface area contributed by atoms with E-state index in [1.165, 1.54) is 0 Å². The highest BCUT2D eigenvalue weighted by Gasteiger charge is 2.23. The Morgan fingerprint density at radius 3 is 2.50 bits per heavy atom. The summed E-state index contributed by atoms with van der Waals surface area (Å²) in [6.45, 7) is 4.31. The molecule has 1 amide bonds. The number of amides is 1. The van der Waals surface area contributed by atoms with Gasteiger partial charge in [0.05, 0.1) is 5.56 Å². The SMILES string of the molecule is CC(C)CCNC(=O)c1cc(Cl)cc(S(=O)(=O)Cl)c1F. The van der Waals surface area contributed by atoms with Gasteiger partial charge in [-0.3, -0.25) is 4.79 Å². The van der Waals surface area contributed by atoms with Crippen molar-refractivity contribution in [1.29, 1.82) is 0 Å². The number of hydrogen-bond donors (Lipinski definition) is 1. The Bertz CT molecular complexity index is 617. The molecule has 1 aromatic rings. The van der Waals surface area contributed by atoms with E-state index in [4.69, 9.17) is 22.3 Å². The van der Waals surface area contributed by atoms with Crippen molar-refractivity contribution in [3.63, 3.8) is 0 Å². The largest absolute Gasteiger partial charge is 0.352 e. The average molecular weight is 342 g/mol. The summed E-state index contributed by atoms with van der Waals surface area (Å²) in [4.78, 5) is 11.0. The standard InChI is InChI=1S/C12H14Cl2FNO3S/c1-7(2)3-4-16-12(17)9-5-8(13)6-10(11(9)15)20(14,18)19/h5-7H,3-4H2,1-2H3,(H,16,17). The quantitative estimate of drug-likeness (QED) is 0.836. The predicted octanol–water partition coefficient (Wildman–Crippen LogP) is 3.18. The molecule has 0 saturated heterocycles. The van der Waals surface area contributed by atoms with E-state index in [2.05, 4.69) is 5.32 Å². The fourth-order valence-electron chi connectivity index (χ4n) is 1.48. The average Bonchev–Trinajstić information content (AvgIpc) is 2.29. The van der Waals surface area contributed by atoms with Gasteiger partial charge in [-0.15, -0.1) is 0 Å². The molecule has 1 N–H and O–H groups in total. The molecule has 0 aromatic heterocycles. The Labute approximate surface area is 126 Å². The summed E-state index contributed by atoms with van der Waals surface area (Å²) >= 11 is 5.69. The molecule has 4 nitrogen and oxygen atoms in total. The Morgan fingerprint density at radius 2 is 2.00 bits per heavy atom. The summed E-state index contributed by atoms with van der Waals surface area (Å²) in [5, 5.41) is 2.42. The van der Waals surface area contributed by atoms with Gasteiger partial charge in [0.15, 0.2) is 5.82 Å². The highest BCUT2D eigenvalue weighted by molar-refractivity contribution is 8.13. The normalized spacial score (nSPS) is 11.7. The molecule has 1 aromatic carbocycles. The second kappa shape index (κ2) is 6.74. The third-order valence-corrected chi connectivity index (χ3v) is 4.06. The van der Waals surface area contributed by atoms with Gasteiger partial charge < -0.3 is 5.32 Å². The van der Waals surface area contributed by atoms with E-state index in [1.54, 1.807) is 0 Å². The lowest BCUT2D eigenvalue weighted by Crippen LogP contribution is -2.26. The molecule has 0 unspecified atom stereocenters. The summed E-state index contributed by atoms with van der Waals surface area (Å²) in [5.41, 5.74) is -0.444. The zero-order chi connectivity index (χ0) is 15.5. The van der Waals surface area contributed by atoms with E-state index >= 15 is 0 Å². The van der Waals surface area contributed by atoms with Crippen LogP contribution in [0.25, 0.3) is 0 Å². The summed E-state index contributed by atoms with van der Waals surface area (Å²) in [6.07, 6.45) is 0.717. The van der Waals surface area contributed by atoms with Crippen molar-refractivity contribution in [2.45, 2.75) is 25.2 Å². The minimum atomic E-state index is -4.31. The Morgan fingerprint density at radius 1 is 1.40 bits per heavy atom. The van der Waals surface area contributed by atoms with Gasteiger partial charge in [-0.25, -0.2) is 12.8 Å². The lowest BCUT2D eigenvalue weighted by atomic mass is 10.1. The number of hydrogen-bond acceptors (Lipinski definition) is 3. The number of rotatable bonds is 5. The molecular weight excluding hydrogens is 328 g/mol. The first kappa shape index (κ1) is 17.2. The van der Waals surface area contributed by atoms with Crippen molar-refractivity contribution in [3.8, 4) is 0 Å². The van der Waals surface area contributed by atoms with Crippen LogP contribution in [0.1, 0.15) is 30.6 Å². The van der Waals surface area contributed by atoms with Gasteiger partial charge in [0.1, 0.15) is 4.90 Å². The van der Waals surface area contributed by atoms with Gasteiger partial charge in [0.25, 0.3) is 15.0 Å². The lowest BCUT2D eigenvalue weighted by molar-refractivity contribution is 0.0947. The van der Waals surface area contributed by atoms with Crippen LogP contribution < -0.4 is 5.32 Å². The van der Waals surface area contributed by atoms with Crippen LogP contribution in [0.3, 0.4) is 0 Å². The monoisotopic (exact) mass is 341 g/mol. The van der Waals surface area contributed by atoms with Crippen LogP contribution in [0.2, 0.25) is 5.02 Å². The molecule has 0 radical (unpaired) electrons. The number of carbonyl (C=O) groups is 1. The van der Waals surface area contributed by atoms with Crippen LogP contribution in [-0.4, -0.2) is 20.9 Å². The minimum Gasteiger partial charge on any atom is -0.352 e. The molecule has 0 bridgehead atoms. The molecule has 0 fully saturated rings. The number of halogens is 3. The van der Waals surface area contributed by atoms with Crippen molar-refractivity contribution in [2.24, 2.45) is 5.92 Å². The fourth-order valence-corrected chi connectivity index (χ4v) is 2.69. The van der Waals surface area contributed by atoms with Crippen LogP contribution >= 0.6 is 22.3 Å². The van der Waals surface area contributed by atoms with E-state index in [-0.39, 0.29) is 5.02 Å². The summed E-state index contributed by atoms with van der Waals surface area (Å²) in [6, 6.07) is 1.93. The van der Waals surface area contributed by atoms with Crippen LogP contribution in [0.5, 0.6) is 0 Å². The minimum absolute atomic E-state index is 0.0837. The third-order valence-electron chi connectivity index (χ3n) is 2.52. The van der Waals surface area contributed by atoms with Gasteiger partial charge in [-0.05, 0) is 24.5 Å². The molecule has 20 heavy (non-hydrogen) atoms. The van der Waals surface area contributed by atoms with E-state index in [0.29, 0.717) is 18.9 Å². The molecule has 112 valence electrons. The number of nitrogens with one attached hydrogen (secondary N) is 1. The summed E-state index contributed by atoms with van der Waals surface area (Å²) in [5.74, 6) is -1.56. The molecule has 0 aliphatic rings. The Kier molecular flexibility index (Phi) is 5.79. The van der Waals surface area contributed by atoms with Gasteiger partial charge >= 0.3 is 0 Å². The van der Waals surface area contributed by atoms with Crippen LogP contribution in [-0.2, 0) is 9.05 Å². The molecule has 0 aliphatic carbocycles. The van der Waals surface area contributed by atoms with E-state index in [1.807, 2.05) is 13.8 Å².